The van der Waals surface area contributed by atoms with Crippen molar-refractivity contribution in [2.45, 2.75) is 40.2 Å². The van der Waals surface area contributed by atoms with Gasteiger partial charge in [-0.2, -0.15) is 0 Å². The number of aliphatic hydroxyl groups excluding tert-OH is 1. The minimum atomic E-state index is -0.257. The summed E-state index contributed by atoms with van der Waals surface area (Å²) in [5.41, 5.74) is 3.43. The third kappa shape index (κ3) is 5.00. The van der Waals surface area contributed by atoms with Gasteiger partial charge in [-0.05, 0) is 43.3 Å². The monoisotopic (exact) mass is 405 g/mol. The van der Waals surface area contributed by atoms with Crippen molar-refractivity contribution >= 4 is 16.6 Å². The van der Waals surface area contributed by atoms with Crippen molar-refractivity contribution in [2.75, 3.05) is 37.6 Å². The van der Waals surface area contributed by atoms with Crippen LogP contribution in [0.4, 0.5) is 5.82 Å². The number of likely N-dealkylation sites (N-methyl/N-ethyl adjacent to an activating group) is 1. The number of pyridine rings is 1. The molecule has 1 fully saturated rings. The molecule has 0 radical (unpaired) electrons. The molecule has 0 bridgehead atoms. The first-order chi connectivity index (χ1) is 14.1. The van der Waals surface area contributed by atoms with Gasteiger partial charge in [0.2, 0.25) is 0 Å². The van der Waals surface area contributed by atoms with Crippen molar-refractivity contribution in [1.82, 2.24) is 9.88 Å². The standard InChI is InChI=1S/C25H31N3O.CH4/c1-3-27-14-16-28(17-15-27)25-23-7-5-4-6-22(23)18-24(26-25)21-12-10-20(11-13-21)9-8-19(2)29;/h4-7,10-13,18-19,29H,3,8-9,14-17H2,1-2H3;1H4. The average Bonchev–Trinajstić information content (AvgIpc) is 2.77. The molecular weight excluding hydrogens is 370 g/mol. The van der Waals surface area contributed by atoms with Gasteiger partial charge in [-0.15, -0.1) is 0 Å². The molecule has 0 saturated carbocycles. The van der Waals surface area contributed by atoms with Crippen LogP contribution >= 0.6 is 0 Å². The second kappa shape index (κ2) is 10.1. The third-order valence-electron chi connectivity index (χ3n) is 5.94. The van der Waals surface area contributed by atoms with E-state index in [1.165, 1.54) is 16.3 Å². The summed E-state index contributed by atoms with van der Waals surface area (Å²) >= 11 is 0. The first-order valence-corrected chi connectivity index (χ1v) is 10.8. The molecule has 1 aromatic heterocycles. The topological polar surface area (TPSA) is 39.6 Å². The number of rotatable bonds is 6. The SMILES string of the molecule is C.CCN1CCN(c2nc(-c3ccc(CCC(C)O)cc3)cc3ccccc23)CC1. The van der Waals surface area contributed by atoms with E-state index in [0.29, 0.717) is 0 Å². The van der Waals surface area contributed by atoms with Crippen molar-refractivity contribution in [3.05, 3.63) is 60.2 Å². The lowest BCUT2D eigenvalue weighted by Gasteiger charge is -2.35. The Morgan fingerprint density at radius 1 is 1.00 bits per heavy atom. The van der Waals surface area contributed by atoms with Crippen LogP contribution in [0.25, 0.3) is 22.0 Å². The number of hydrogen-bond donors (Lipinski definition) is 1. The zero-order valence-corrected chi connectivity index (χ0v) is 17.5. The lowest BCUT2D eigenvalue weighted by atomic mass is 10.0. The number of benzene rings is 2. The van der Waals surface area contributed by atoms with Crippen molar-refractivity contribution < 1.29 is 5.11 Å². The third-order valence-corrected chi connectivity index (χ3v) is 5.94. The highest BCUT2D eigenvalue weighted by atomic mass is 16.3. The van der Waals surface area contributed by atoms with Crippen molar-refractivity contribution in [2.24, 2.45) is 0 Å². The number of aryl methyl sites for hydroxylation is 1. The Bertz CT molecular complexity index is 944. The molecule has 1 atom stereocenters. The van der Waals surface area contributed by atoms with E-state index >= 15 is 0 Å². The lowest BCUT2D eigenvalue weighted by Crippen LogP contribution is -2.46. The number of hydrogen-bond acceptors (Lipinski definition) is 4. The van der Waals surface area contributed by atoms with E-state index < -0.39 is 0 Å². The van der Waals surface area contributed by atoms with Crippen molar-refractivity contribution in [1.29, 1.82) is 0 Å². The quantitative estimate of drug-likeness (QED) is 0.627. The summed E-state index contributed by atoms with van der Waals surface area (Å²) < 4.78 is 0. The molecule has 0 spiro atoms. The predicted molar refractivity (Wildman–Crippen MR) is 128 cm³/mol. The van der Waals surface area contributed by atoms with E-state index in [4.69, 9.17) is 4.98 Å². The zero-order valence-electron chi connectivity index (χ0n) is 17.5. The Kier molecular flexibility index (Phi) is 7.46. The van der Waals surface area contributed by atoms with Gasteiger partial charge in [-0.25, -0.2) is 4.98 Å². The minimum Gasteiger partial charge on any atom is -0.393 e. The van der Waals surface area contributed by atoms with Crippen LogP contribution in [0.2, 0.25) is 0 Å². The largest absolute Gasteiger partial charge is 0.393 e. The molecule has 1 N–H and O–H groups in total. The molecule has 4 heteroatoms. The maximum Gasteiger partial charge on any atom is 0.137 e. The Hall–Kier alpha value is -2.43. The van der Waals surface area contributed by atoms with Gasteiger partial charge < -0.3 is 14.9 Å². The number of aromatic nitrogens is 1. The Labute approximate surface area is 181 Å². The van der Waals surface area contributed by atoms with Crippen molar-refractivity contribution in [3.63, 3.8) is 0 Å². The number of anilines is 1. The van der Waals surface area contributed by atoms with E-state index in [0.717, 1.165) is 62.6 Å². The predicted octanol–water partition coefficient (Wildman–Crippen LogP) is 4.99. The molecule has 1 aliphatic heterocycles. The van der Waals surface area contributed by atoms with Gasteiger partial charge in [-0.3, -0.25) is 0 Å². The molecule has 30 heavy (non-hydrogen) atoms. The normalized spacial score (nSPS) is 15.8. The molecule has 1 saturated heterocycles. The van der Waals surface area contributed by atoms with Crippen LogP contribution < -0.4 is 4.90 Å². The van der Waals surface area contributed by atoms with Gasteiger partial charge in [0.15, 0.2) is 0 Å². The molecule has 2 aromatic carbocycles. The fourth-order valence-electron chi connectivity index (χ4n) is 4.06. The van der Waals surface area contributed by atoms with Crippen LogP contribution in [0.15, 0.2) is 54.6 Å². The van der Waals surface area contributed by atoms with E-state index in [-0.39, 0.29) is 13.5 Å². The summed E-state index contributed by atoms with van der Waals surface area (Å²) in [7, 11) is 0. The Morgan fingerprint density at radius 3 is 2.37 bits per heavy atom. The Balaban J connectivity index is 0.00000256. The summed E-state index contributed by atoms with van der Waals surface area (Å²) in [6, 6.07) is 19.4. The maximum absolute atomic E-state index is 9.52. The fourth-order valence-corrected chi connectivity index (χ4v) is 4.06. The molecule has 1 unspecified atom stereocenters. The van der Waals surface area contributed by atoms with Crippen LogP contribution in [0.5, 0.6) is 0 Å². The fraction of sp³-hybridized carbons (Fsp3) is 0.423. The average molecular weight is 406 g/mol. The van der Waals surface area contributed by atoms with Gasteiger partial charge in [0.05, 0.1) is 11.8 Å². The molecule has 1 aliphatic rings. The molecule has 2 heterocycles. The summed E-state index contributed by atoms with van der Waals surface area (Å²) in [5.74, 6) is 1.10. The maximum atomic E-state index is 9.52. The molecule has 3 aromatic rings. The molecular formula is C26H35N3O. The second-order valence-corrected chi connectivity index (χ2v) is 8.06. The van der Waals surface area contributed by atoms with Crippen LogP contribution in [-0.4, -0.2) is 53.8 Å². The van der Waals surface area contributed by atoms with E-state index in [1.807, 2.05) is 6.92 Å². The molecule has 160 valence electrons. The highest BCUT2D eigenvalue weighted by Crippen LogP contribution is 2.31. The molecule has 4 nitrogen and oxygen atoms in total. The molecule has 4 rings (SSSR count). The second-order valence-electron chi connectivity index (χ2n) is 8.06. The molecule has 0 amide bonds. The summed E-state index contributed by atoms with van der Waals surface area (Å²) in [6.45, 7) is 9.41. The number of piperazine rings is 1. The number of aliphatic hydroxyl groups is 1. The first kappa shape index (κ1) is 22.3. The lowest BCUT2D eigenvalue weighted by molar-refractivity contribution is 0.185. The van der Waals surface area contributed by atoms with Gasteiger partial charge in [0.1, 0.15) is 5.82 Å². The van der Waals surface area contributed by atoms with E-state index in [2.05, 4.69) is 71.3 Å². The smallest absolute Gasteiger partial charge is 0.137 e. The first-order valence-electron chi connectivity index (χ1n) is 10.8. The van der Waals surface area contributed by atoms with Crippen LogP contribution in [-0.2, 0) is 6.42 Å². The van der Waals surface area contributed by atoms with Crippen molar-refractivity contribution in [3.8, 4) is 11.3 Å². The van der Waals surface area contributed by atoms with Gasteiger partial charge in [0, 0.05) is 37.1 Å². The summed E-state index contributed by atoms with van der Waals surface area (Å²) in [6.07, 6.45) is 1.44. The summed E-state index contributed by atoms with van der Waals surface area (Å²) in [4.78, 5) is 10.1. The Morgan fingerprint density at radius 2 is 1.70 bits per heavy atom. The van der Waals surface area contributed by atoms with Gasteiger partial charge in [-0.1, -0.05) is 62.9 Å². The van der Waals surface area contributed by atoms with Crippen LogP contribution in [0, 0.1) is 0 Å². The zero-order chi connectivity index (χ0) is 20.2. The van der Waals surface area contributed by atoms with E-state index in [1.54, 1.807) is 0 Å². The number of fused-ring (bicyclic) bond motifs is 1. The van der Waals surface area contributed by atoms with Gasteiger partial charge in [0.25, 0.3) is 0 Å². The molecule has 0 aliphatic carbocycles. The van der Waals surface area contributed by atoms with Gasteiger partial charge >= 0.3 is 0 Å². The highest BCUT2D eigenvalue weighted by molar-refractivity contribution is 5.95. The number of nitrogens with zero attached hydrogens (tertiary/aromatic N) is 3. The van der Waals surface area contributed by atoms with Crippen LogP contribution in [0.1, 0.15) is 33.3 Å². The minimum absolute atomic E-state index is 0. The summed E-state index contributed by atoms with van der Waals surface area (Å²) in [5, 5.41) is 12.0. The van der Waals surface area contributed by atoms with Crippen LogP contribution in [0.3, 0.4) is 0 Å². The highest BCUT2D eigenvalue weighted by Gasteiger charge is 2.19. The van der Waals surface area contributed by atoms with E-state index in [9.17, 15) is 5.11 Å².